The molecule has 1 aromatic carbocycles. The standard InChI is InChI=1S/C11H13Br2NO/c1-2-3-4-9(14)11-8(13)5-7(12)6-10(11)15/h2,5-6,9,15H,1,3-4,14H2/t9-/m1/s1. The maximum atomic E-state index is 9.78. The van der Waals surface area contributed by atoms with Gasteiger partial charge in [0, 0.05) is 20.6 Å². The monoisotopic (exact) mass is 333 g/mol. The van der Waals surface area contributed by atoms with Gasteiger partial charge in [0.2, 0.25) is 0 Å². The minimum absolute atomic E-state index is 0.175. The maximum absolute atomic E-state index is 9.78. The van der Waals surface area contributed by atoms with Crippen molar-refractivity contribution >= 4 is 31.9 Å². The summed E-state index contributed by atoms with van der Waals surface area (Å²) in [5.41, 5.74) is 6.73. The van der Waals surface area contributed by atoms with E-state index in [0.29, 0.717) is 0 Å². The topological polar surface area (TPSA) is 46.2 Å². The molecule has 4 heteroatoms. The molecule has 0 bridgehead atoms. The lowest BCUT2D eigenvalue weighted by atomic mass is 10.0. The first-order valence-electron chi connectivity index (χ1n) is 4.60. The van der Waals surface area contributed by atoms with E-state index in [2.05, 4.69) is 38.4 Å². The number of phenolic OH excluding ortho intramolecular Hbond substituents is 1. The average molecular weight is 335 g/mol. The van der Waals surface area contributed by atoms with Crippen LogP contribution in [0.3, 0.4) is 0 Å². The lowest BCUT2D eigenvalue weighted by molar-refractivity contribution is 0.457. The Morgan fingerprint density at radius 1 is 1.47 bits per heavy atom. The van der Waals surface area contributed by atoms with Crippen molar-refractivity contribution < 1.29 is 5.11 Å². The fourth-order valence-corrected chi connectivity index (χ4v) is 2.88. The van der Waals surface area contributed by atoms with E-state index in [4.69, 9.17) is 5.73 Å². The third-order valence-electron chi connectivity index (χ3n) is 2.13. The van der Waals surface area contributed by atoms with Crippen molar-refractivity contribution in [3.63, 3.8) is 0 Å². The molecule has 0 aliphatic rings. The van der Waals surface area contributed by atoms with Gasteiger partial charge in [0.1, 0.15) is 5.75 Å². The zero-order valence-electron chi connectivity index (χ0n) is 8.21. The van der Waals surface area contributed by atoms with E-state index in [1.807, 2.05) is 12.1 Å². The van der Waals surface area contributed by atoms with Crippen LogP contribution in [0, 0.1) is 0 Å². The molecule has 0 unspecified atom stereocenters. The Morgan fingerprint density at radius 3 is 2.67 bits per heavy atom. The van der Waals surface area contributed by atoms with Gasteiger partial charge >= 0.3 is 0 Å². The van der Waals surface area contributed by atoms with Crippen molar-refractivity contribution in [3.05, 3.63) is 39.3 Å². The largest absolute Gasteiger partial charge is 0.508 e. The summed E-state index contributed by atoms with van der Waals surface area (Å²) in [5.74, 6) is 0.216. The molecule has 1 aromatic rings. The van der Waals surface area contributed by atoms with Crippen LogP contribution in [-0.4, -0.2) is 5.11 Å². The summed E-state index contributed by atoms with van der Waals surface area (Å²) in [4.78, 5) is 0. The Labute approximate surface area is 106 Å². The summed E-state index contributed by atoms with van der Waals surface area (Å²) in [6, 6.07) is 3.35. The molecule has 0 aromatic heterocycles. The summed E-state index contributed by atoms with van der Waals surface area (Å²) in [7, 11) is 0. The van der Waals surface area contributed by atoms with E-state index in [1.165, 1.54) is 0 Å². The van der Waals surface area contributed by atoms with E-state index in [0.717, 1.165) is 27.4 Å². The molecule has 3 N–H and O–H groups in total. The van der Waals surface area contributed by atoms with Gasteiger partial charge in [-0.1, -0.05) is 37.9 Å². The molecule has 0 heterocycles. The third kappa shape index (κ3) is 3.33. The Balaban J connectivity index is 2.97. The van der Waals surface area contributed by atoms with Gasteiger partial charge in [-0.25, -0.2) is 0 Å². The number of hydrogen-bond acceptors (Lipinski definition) is 2. The fraction of sp³-hybridized carbons (Fsp3) is 0.273. The summed E-state index contributed by atoms with van der Waals surface area (Å²) >= 11 is 6.70. The Kier molecular flexibility index (Phi) is 4.83. The van der Waals surface area contributed by atoms with Gasteiger partial charge in [-0.3, -0.25) is 0 Å². The number of hydrogen-bond donors (Lipinski definition) is 2. The summed E-state index contributed by atoms with van der Waals surface area (Å²) < 4.78 is 1.65. The number of nitrogens with two attached hydrogens (primary N) is 1. The van der Waals surface area contributed by atoms with Crippen LogP contribution in [-0.2, 0) is 0 Å². The van der Waals surface area contributed by atoms with Crippen molar-refractivity contribution in [2.75, 3.05) is 0 Å². The molecular formula is C11H13Br2NO. The van der Waals surface area contributed by atoms with Crippen molar-refractivity contribution in [1.29, 1.82) is 0 Å². The summed E-state index contributed by atoms with van der Waals surface area (Å²) in [6.07, 6.45) is 3.43. The van der Waals surface area contributed by atoms with Gasteiger partial charge in [-0.05, 0) is 25.0 Å². The molecule has 0 fully saturated rings. The molecule has 0 radical (unpaired) electrons. The number of phenols is 1. The van der Waals surface area contributed by atoms with Crippen molar-refractivity contribution in [3.8, 4) is 5.75 Å². The van der Waals surface area contributed by atoms with E-state index in [1.54, 1.807) is 6.07 Å². The number of rotatable bonds is 4. The summed E-state index contributed by atoms with van der Waals surface area (Å²) in [5, 5.41) is 9.78. The second-order valence-electron chi connectivity index (χ2n) is 3.29. The molecule has 82 valence electrons. The molecule has 0 aliphatic heterocycles. The predicted molar refractivity (Wildman–Crippen MR) is 69.9 cm³/mol. The maximum Gasteiger partial charge on any atom is 0.122 e. The first-order chi connectivity index (χ1) is 7.06. The second kappa shape index (κ2) is 5.68. The molecule has 0 spiro atoms. The lowest BCUT2D eigenvalue weighted by Crippen LogP contribution is -2.10. The van der Waals surface area contributed by atoms with Gasteiger partial charge in [0.15, 0.2) is 0 Å². The van der Waals surface area contributed by atoms with Crippen LogP contribution in [0.4, 0.5) is 0 Å². The number of allylic oxidation sites excluding steroid dienone is 1. The van der Waals surface area contributed by atoms with Gasteiger partial charge in [0.05, 0.1) is 0 Å². The Hall–Kier alpha value is -0.320. The van der Waals surface area contributed by atoms with Crippen LogP contribution in [0.1, 0.15) is 24.4 Å². The number of halogens is 2. The highest BCUT2D eigenvalue weighted by Crippen LogP contribution is 2.35. The molecule has 15 heavy (non-hydrogen) atoms. The first kappa shape index (κ1) is 12.7. The zero-order chi connectivity index (χ0) is 11.4. The van der Waals surface area contributed by atoms with E-state index in [-0.39, 0.29) is 11.8 Å². The van der Waals surface area contributed by atoms with E-state index in [9.17, 15) is 5.11 Å². The molecule has 0 saturated heterocycles. The number of aromatic hydroxyl groups is 1. The highest BCUT2D eigenvalue weighted by molar-refractivity contribution is 9.11. The van der Waals surface area contributed by atoms with Gasteiger partial charge in [0.25, 0.3) is 0 Å². The normalized spacial score (nSPS) is 12.5. The Morgan fingerprint density at radius 2 is 2.13 bits per heavy atom. The van der Waals surface area contributed by atoms with E-state index < -0.39 is 0 Å². The molecule has 0 aliphatic carbocycles. The van der Waals surface area contributed by atoms with Crippen LogP contribution in [0.15, 0.2) is 33.7 Å². The Bertz CT molecular complexity index is 343. The fourth-order valence-electron chi connectivity index (χ4n) is 1.38. The summed E-state index contributed by atoms with van der Waals surface area (Å²) in [6.45, 7) is 3.65. The van der Waals surface area contributed by atoms with Crippen LogP contribution in [0.5, 0.6) is 5.75 Å². The average Bonchev–Trinajstić information content (AvgIpc) is 2.12. The molecule has 1 rings (SSSR count). The molecule has 1 atom stereocenters. The molecular weight excluding hydrogens is 322 g/mol. The quantitative estimate of drug-likeness (QED) is 0.821. The first-order valence-corrected chi connectivity index (χ1v) is 6.19. The highest BCUT2D eigenvalue weighted by Gasteiger charge is 2.14. The minimum atomic E-state index is -0.175. The zero-order valence-corrected chi connectivity index (χ0v) is 11.4. The van der Waals surface area contributed by atoms with Crippen LogP contribution < -0.4 is 5.73 Å². The molecule has 0 saturated carbocycles. The molecule has 2 nitrogen and oxygen atoms in total. The van der Waals surface area contributed by atoms with Crippen molar-refractivity contribution in [2.45, 2.75) is 18.9 Å². The molecule has 0 amide bonds. The second-order valence-corrected chi connectivity index (χ2v) is 5.06. The van der Waals surface area contributed by atoms with Crippen LogP contribution >= 0.6 is 31.9 Å². The van der Waals surface area contributed by atoms with Crippen molar-refractivity contribution in [2.24, 2.45) is 5.73 Å². The van der Waals surface area contributed by atoms with Gasteiger partial charge < -0.3 is 10.8 Å². The highest BCUT2D eigenvalue weighted by atomic mass is 79.9. The lowest BCUT2D eigenvalue weighted by Gasteiger charge is -2.15. The van der Waals surface area contributed by atoms with Crippen molar-refractivity contribution in [1.82, 2.24) is 0 Å². The van der Waals surface area contributed by atoms with Crippen LogP contribution in [0.2, 0.25) is 0 Å². The van der Waals surface area contributed by atoms with E-state index >= 15 is 0 Å². The predicted octanol–water partition coefficient (Wildman–Crippen LogP) is 3.88. The smallest absolute Gasteiger partial charge is 0.122 e. The van der Waals surface area contributed by atoms with Crippen LogP contribution in [0.25, 0.3) is 0 Å². The third-order valence-corrected chi connectivity index (χ3v) is 3.24. The van der Waals surface area contributed by atoms with Gasteiger partial charge in [-0.2, -0.15) is 0 Å². The minimum Gasteiger partial charge on any atom is -0.508 e. The number of benzene rings is 1. The SMILES string of the molecule is C=CCC[C@@H](N)c1c(O)cc(Br)cc1Br. The van der Waals surface area contributed by atoms with Gasteiger partial charge in [-0.15, -0.1) is 6.58 Å².